The molecule has 0 amide bonds. The lowest BCUT2D eigenvalue weighted by Crippen LogP contribution is -2.80. The summed E-state index contributed by atoms with van der Waals surface area (Å²) in [6, 6.07) is 0. The molecule has 2 heteroatoms. The normalized spacial score (nSPS) is 21.1. The molecule has 0 bridgehead atoms. The average molecular weight is 1040 g/mol. The molecule has 0 aromatic rings. The van der Waals surface area contributed by atoms with Crippen LogP contribution in [0.1, 0.15) is 364 Å². The lowest BCUT2D eigenvalue weighted by molar-refractivity contribution is -0.361. The third-order valence-corrected chi connectivity index (χ3v) is 22.7. The van der Waals surface area contributed by atoms with Crippen molar-refractivity contribution in [2.24, 2.45) is 92.2 Å². The Morgan fingerprint density at radius 2 is 0.419 bits per heavy atom. The Kier molecular flexibility index (Phi) is 37.9. The first-order valence-electron chi connectivity index (χ1n) is 34.5. The van der Waals surface area contributed by atoms with E-state index in [1.165, 1.54) is 148 Å². The minimum absolute atomic E-state index is 0.0302. The van der Waals surface area contributed by atoms with Crippen molar-refractivity contribution in [1.29, 1.82) is 0 Å². The minimum atomic E-state index is -0.934. The van der Waals surface area contributed by atoms with Gasteiger partial charge in [0.2, 0.25) is 0 Å². The van der Waals surface area contributed by atoms with Crippen molar-refractivity contribution in [3.05, 3.63) is 0 Å². The van der Waals surface area contributed by atoms with Crippen LogP contribution in [0.2, 0.25) is 0 Å². The highest BCUT2D eigenvalue weighted by atomic mass is 16.4. The highest BCUT2D eigenvalue weighted by Gasteiger charge is 2.83. The van der Waals surface area contributed by atoms with Crippen LogP contribution in [-0.4, -0.2) is 11.1 Å². The van der Waals surface area contributed by atoms with Crippen molar-refractivity contribution in [1.82, 2.24) is 0 Å². The smallest absolute Gasteiger partial charge is 0.310 e. The summed E-state index contributed by atoms with van der Waals surface area (Å²) in [5.74, 6) is 3.26. The number of carboxylic acids is 1. The van der Waals surface area contributed by atoms with Crippen molar-refractivity contribution >= 4 is 5.97 Å². The van der Waals surface area contributed by atoms with Gasteiger partial charge in [0, 0.05) is 0 Å². The van der Waals surface area contributed by atoms with Crippen molar-refractivity contribution < 1.29 is 9.90 Å². The molecule has 0 saturated heterocycles. The first-order chi connectivity index (χ1) is 35.2. The molecular formula is C72H144O2. The fraction of sp³-hybridized carbons (Fsp3) is 0.986. The van der Waals surface area contributed by atoms with Crippen molar-refractivity contribution in [3.8, 4) is 0 Å². The zero-order valence-electron chi connectivity index (χ0n) is 55.5. The van der Waals surface area contributed by atoms with E-state index in [0.29, 0.717) is 41.4 Å². The molecule has 0 aliphatic heterocycles. The van der Waals surface area contributed by atoms with Gasteiger partial charge in [0.25, 0.3) is 0 Å². The molecule has 11 atom stereocenters. The molecule has 0 spiro atoms. The Balaban J connectivity index is 12.2. The van der Waals surface area contributed by atoms with Crippen LogP contribution in [0.5, 0.6) is 0 Å². The molecule has 1 N–H and O–H groups in total. The monoisotopic (exact) mass is 1040 g/mol. The van der Waals surface area contributed by atoms with Crippen LogP contribution in [0, 0.1) is 92.2 Å². The fourth-order valence-corrected chi connectivity index (χ4v) is 20.2. The SMILES string of the molecule is CCCCC(C)C(C(=O)O)(C(C)CCCC)C(C(C)CCCC)(C(C)CCCC)C(C(C)CCCC)(C(C)CCCC)C(C(C)CCCC)(C(C)CCCC)C(C(C)CCCC)(C(C)CCCC)C(C)CCCC. The maximum Gasteiger partial charge on any atom is 0.310 e. The highest BCUT2D eigenvalue weighted by Crippen LogP contribution is 2.85. The third-order valence-electron chi connectivity index (χ3n) is 22.7. The summed E-state index contributed by atoms with van der Waals surface area (Å²) >= 11 is 0. The topological polar surface area (TPSA) is 37.3 Å². The van der Waals surface area contributed by atoms with Crippen LogP contribution >= 0.6 is 0 Å². The lowest BCUT2D eigenvalue weighted by Gasteiger charge is -2.82. The van der Waals surface area contributed by atoms with Crippen LogP contribution in [0.4, 0.5) is 0 Å². The molecule has 0 rings (SSSR count). The fourth-order valence-electron chi connectivity index (χ4n) is 20.2. The summed E-state index contributed by atoms with van der Waals surface area (Å²) in [4.78, 5) is 16.8. The second-order valence-corrected chi connectivity index (χ2v) is 27.2. The molecule has 444 valence electrons. The molecule has 0 aromatic heterocycles. The summed E-state index contributed by atoms with van der Waals surface area (Å²) in [5, 5.41) is 13.8. The van der Waals surface area contributed by atoms with Gasteiger partial charge < -0.3 is 5.11 Å². The van der Waals surface area contributed by atoms with E-state index in [4.69, 9.17) is 0 Å². The molecule has 0 fully saturated rings. The van der Waals surface area contributed by atoms with Gasteiger partial charge in [-0.05, 0) is 99.6 Å². The van der Waals surface area contributed by atoms with Gasteiger partial charge in [-0.25, -0.2) is 0 Å². The van der Waals surface area contributed by atoms with Crippen LogP contribution < -0.4 is 0 Å². The van der Waals surface area contributed by atoms with E-state index in [0.717, 1.165) is 64.2 Å². The number of hydrogen-bond acceptors (Lipinski definition) is 1. The summed E-state index contributed by atoms with van der Waals surface area (Å²) < 4.78 is 0. The largest absolute Gasteiger partial charge is 0.481 e. The van der Waals surface area contributed by atoms with Gasteiger partial charge in [0.1, 0.15) is 0 Å². The van der Waals surface area contributed by atoms with Crippen molar-refractivity contribution in [2.75, 3.05) is 0 Å². The summed E-state index contributed by atoms with van der Waals surface area (Å²) in [6.07, 6.45) is 39.5. The van der Waals surface area contributed by atoms with Gasteiger partial charge in [-0.1, -0.05) is 351 Å². The average Bonchev–Trinajstić information content (AvgIpc) is 3.38. The van der Waals surface area contributed by atoms with Gasteiger partial charge >= 0.3 is 5.97 Å². The number of aliphatic carboxylic acids is 1. The van der Waals surface area contributed by atoms with Gasteiger partial charge in [-0.3, -0.25) is 4.79 Å². The van der Waals surface area contributed by atoms with Crippen molar-refractivity contribution in [2.45, 2.75) is 364 Å². The number of hydrogen-bond donors (Lipinski definition) is 1. The van der Waals surface area contributed by atoms with E-state index in [1.54, 1.807) is 0 Å². The molecule has 11 unspecified atom stereocenters. The molecule has 74 heavy (non-hydrogen) atoms. The Morgan fingerprint density at radius 1 is 0.257 bits per heavy atom. The van der Waals surface area contributed by atoms with Gasteiger partial charge in [-0.2, -0.15) is 0 Å². The van der Waals surface area contributed by atoms with Crippen LogP contribution in [0.25, 0.3) is 0 Å². The van der Waals surface area contributed by atoms with E-state index >= 15 is 4.79 Å². The summed E-state index contributed by atoms with van der Waals surface area (Å²) in [5.41, 5.74) is -1.96. The maximum atomic E-state index is 16.8. The molecule has 2 nitrogen and oxygen atoms in total. The quantitative estimate of drug-likeness (QED) is 0.0659. The van der Waals surface area contributed by atoms with Gasteiger partial charge in [-0.15, -0.1) is 0 Å². The first kappa shape index (κ1) is 73.5. The van der Waals surface area contributed by atoms with Crippen molar-refractivity contribution in [3.63, 3.8) is 0 Å². The number of rotatable bonds is 49. The molecular weight excluding hydrogens is 897 g/mol. The second-order valence-electron chi connectivity index (χ2n) is 27.2. The van der Waals surface area contributed by atoms with E-state index < -0.39 is 16.8 Å². The van der Waals surface area contributed by atoms with Gasteiger partial charge in [0.05, 0.1) is 5.41 Å². The van der Waals surface area contributed by atoms with Crippen LogP contribution in [-0.2, 0) is 4.79 Å². The van der Waals surface area contributed by atoms with Gasteiger partial charge in [0.15, 0.2) is 0 Å². The Bertz CT molecular complexity index is 1270. The Labute approximate surface area is 470 Å². The zero-order valence-corrected chi connectivity index (χ0v) is 55.5. The molecule has 0 aliphatic rings. The minimum Gasteiger partial charge on any atom is -0.481 e. The Morgan fingerprint density at radius 3 is 0.608 bits per heavy atom. The predicted octanol–water partition coefficient (Wildman–Crippen LogP) is 25.1. The maximum absolute atomic E-state index is 16.8. The Hall–Kier alpha value is -0.530. The molecule has 0 radical (unpaired) electrons. The van der Waals surface area contributed by atoms with E-state index in [-0.39, 0.29) is 39.9 Å². The second kappa shape index (κ2) is 38.2. The molecule has 0 aliphatic carbocycles. The highest BCUT2D eigenvalue weighted by molar-refractivity contribution is 5.77. The number of unbranched alkanes of at least 4 members (excludes halogenated alkanes) is 11. The van der Waals surface area contributed by atoms with Crippen LogP contribution in [0.3, 0.4) is 0 Å². The zero-order chi connectivity index (χ0) is 56.8. The number of carbonyl (C=O) groups is 1. The van der Waals surface area contributed by atoms with E-state index in [1.807, 2.05) is 0 Å². The standard InChI is InChI=1S/C72H144O2/c1-23-34-45-56(12)68(57(13)46-35-24-2,58(14)47-36-25-3)70(61(17)50-39-28-6,62(18)51-40-29-7)72(65(21)54-43-32-10,66(22)55-44-33-11)71(63(19)52-41-30-8,64(20)53-42-31-9)69(67(73)74,59(15)48-37-26-4)60(16)49-38-27-5/h56-66H,23-55H2,1-22H3,(H,73,74). The van der Waals surface area contributed by atoms with E-state index in [9.17, 15) is 5.11 Å². The molecule has 0 heterocycles. The molecule has 0 aromatic carbocycles. The molecule has 0 saturated carbocycles. The van der Waals surface area contributed by atoms with E-state index in [2.05, 4.69) is 152 Å². The predicted molar refractivity (Wildman–Crippen MR) is 335 cm³/mol. The number of carboxylic acid groups (broad SMARTS) is 1. The first-order valence-corrected chi connectivity index (χ1v) is 34.5. The summed E-state index contributed by atoms with van der Waals surface area (Å²) in [7, 11) is 0. The summed E-state index contributed by atoms with van der Waals surface area (Å²) in [6.45, 7) is 57.7. The lowest BCUT2D eigenvalue weighted by atomic mass is 9.21. The van der Waals surface area contributed by atoms with Crippen LogP contribution in [0.15, 0.2) is 0 Å². The third kappa shape index (κ3) is 15.5.